The number of rotatable bonds is 7. The van der Waals surface area contributed by atoms with Crippen molar-refractivity contribution in [2.75, 3.05) is 26.9 Å². The molecule has 0 saturated carbocycles. The molecule has 0 fully saturated rings. The predicted molar refractivity (Wildman–Crippen MR) is 132 cm³/mol. The summed E-state index contributed by atoms with van der Waals surface area (Å²) in [4.78, 5) is 7.68. The monoisotopic (exact) mass is 465 g/mol. The van der Waals surface area contributed by atoms with Gasteiger partial charge in [0.15, 0.2) is 0 Å². The smallest absolute Gasteiger partial charge is 0.141 e. The van der Waals surface area contributed by atoms with Gasteiger partial charge in [0.25, 0.3) is 0 Å². The molecule has 0 radical (unpaired) electrons. The van der Waals surface area contributed by atoms with E-state index in [1.54, 1.807) is 7.11 Å². The largest absolute Gasteiger partial charge is 0.382 e. The summed E-state index contributed by atoms with van der Waals surface area (Å²) < 4.78 is 13.0. The maximum Gasteiger partial charge on any atom is 0.141 e. The van der Waals surface area contributed by atoms with Gasteiger partial charge in [0.1, 0.15) is 5.82 Å². The Morgan fingerprint density at radius 2 is 1.97 bits per heavy atom. The van der Waals surface area contributed by atoms with Crippen LogP contribution in [0.3, 0.4) is 0 Å². The van der Waals surface area contributed by atoms with E-state index >= 15 is 0 Å². The highest BCUT2D eigenvalue weighted by Crippen LogP contribution is 2.33. The lowest BCUT2D eigenvalue weighted by atomic mass is 9.86. The lowest BCUT2D eigenvalue weighted by molar-refractivity contribution is 0.0616. The van der Waals surface area contributed by atoms with E-state index in [2.05, 4.69) is 40.8 Å². The van der Waals surface area contributed by atoms with Crippen LogP contribution in [0, 0.1) is 0 Å². The quantitative estimate of drug-likeness (QED) is 0.469. The fraction of sp³-hybridized carbons (Fsp3) is 0.444. The molecule has 2 aromatic carbocycles. The third-order valence-corrected chi connectivity index (χ3v) is 7.42. The van der Waals surface area contributed by atoms with E-state index in [0.717, 1.165) is 48.8 Å². The number of methoxy groups -OCH3 is 1. The third kappa shape index (κ3) is 4.73. The topological polar surface area (TPSA) is 39.5 Å². The standard InChI is InChI=1S/C27H32ClN3O2/c1-30-26-11-12-31(17-25(26)29-27(30)23-5-3-4-6-24(23)28)22-10-9-20-8-7-19(15-21(20)16-22)18-33-14-13-32-2/h3-8,15,22H,9-14,16-18H2,1-2H3. The fourth-order valence-corrected chi connectivity index (χ4v) is 5.49. The highest BCUT2D eigenvalue weighted by molar-refractivity contribution is 6.33. The van der Waals surface area contributed by atoms with Gasteiger partial charge in [-0.2, -0.15) is 0 Å². The number of imidazole rings is 1. The summed E-state index contributed by atoms with van der Waals surface area (Å²) >= 11 is 6.47. The van der Waals surface area contributed by atoms with Gasteiger partial charge in [0, 0.05) is 51.0 Å². The Morgan fingerprint density at radius 1 is 1.09 bits per heavy atom. The van der Waals surface area contributed by atoms with Crippen molar-refractivity contribution in [3.05, 3.63) is 75.6 Å². The zero-order valence-electron chi connectivity index (χ0n) is 19.5. The van der Waals surface area contributed by atoms with Crippen molar-refractivity contribution in [1.82, 2.24) is 14.5 Å². The molecule has 174 valence electrons. The average Bonchev–Trinajstić information content (AvgIpc) is 3.17. The van der Waals surface area contributed by atoms with E-state index in [0.29, 0.717) is 25.9 Å². The Labute approximate surface area is 201 Å². The average molecular weight is 466 g/mol. The minimum atomic E-state index is 0.557. The van der Waals surface area contributed by atoms with Crippen LogP contribution in [-0.2, 0) is 48.9 Å². The van der Waals surface area contributed by atoms with Crippen LogP contribution in [0.25, 0.3) is 11.4 Å². The number of nitrogens with zero attached hydrogens (tertiary/aromatic N) is 3. The molecular weight excluding hydrogens is 434 g/mol. The molecule has 6 heteroatoms. The molecule has 2 heterocycles. The second-order valence-electron chi connectivity index (χ2n) is 9.13. The van der Waals surface area contributed by atoms with Gasteiger partial charge >= 0.3 is 0 Å². The second-order valence-corrected chi connectivity index (χ2v) is 9.54. The fourth-order valence-electron chi connectivity index (χ4n) is 5.27. The molecule has 3 aromatic rings. The van der Waals surface area contributed by atoms with Gasteiger partial charge in [-0.1, -0.05) is 41.9 Å². The Bertz CT molecular complexity index is 1130. The maximum absolute atomic E-state index is 6.47. The zero-order valence-corrected chi connectivity index (χ0v) is 20.3. The molecule has 1 atom stereocenters. The minimum Gasteiger partial charge on any atom is -0.382 e. The number of benzene rings is 2. The van der Waals surface area contributed by atoms with Gasteiger partial charge in [-0.15, -0.1) is 0 Å². The van der Waals surface area contributed by atoms with Gasteiger partial charge in [-0.25, -0.2) is 4.98 Å². The third-order valence-electron chi connectivity index (χ3n) is 7.09. The molecule has 1 aliphatic carbocycles. The molecule has 0 N–H and O–H groups in total. The first-order chi connectivity index (χ1) is 16.1. The molecule has 0 spiro atoms. The van der Waals surface area contributed by atoms with Gasteiger partial charge in [-0.05, 0) is 48.1 Å². The Kier molecular flexibility index (Phi) is 6.84. The molecule has 1 unspecified atom stereocenters. The van der Waals surface area contributed by atoms with Gasteiger partial charge in [-0.3, -0.25) is 4.90 Å². The van der Waals surface area contributed by atoms with Crippen molar-refractivity contribution in [2.45, 2.75) is 44.9 Å². The molecule has 0 bridgehead atoms. The first kappa shape index (κ1) is 22.6. The summed E-state index contributed by atoms with van der Waals surface area (Å²) in [5.74, 6) is 0.972. The lowest BCUT2D eigenvalue weighted by Gasteiger charge is -2.37. The SMILES string of the molecule is COCCOCc1ccc2c(c1)CC(N1CCc3c(nc(-c4ccccc4Cl)n3C)C1)CC2. The van der Waals surface area contributed by atoms with Gasteiger partial charge < -0.3 is 14.0 Å². The Balaban J connectivity index is 1.29. The number of aryl methyl sites for hydroxylation is 1. The molecule has 0 amide bonds. The van der Waals surface area contributed by atoms with E-state index in [4.69, 9.17) is 26.1 Å². The van der Waals surface area contributed by atoms with E-state index < -0.39 is 0 Å². The molecule has 33 heavy (non-hydrogen) atoms. The van der Waals surface area contributed by atoms with Crippen LogP contribution in [0.15, 0.2) is 42.5 Å². The van der Waals surface area contributed by atoms with Crippen molar-refractivity contribution >= 4 is 11.6 Å². The molecule has 0 saturated heterocycles. The number of aromatic nitrogens is 2. The summed E-state index contributed by atoms with van der Waals surface area (Å²) in [7, 11) is 3.82. The highest BCUT2D eigenvalue weighted by atomic mass is 35.5. The summed E-state index contributed by atoms with van der Waals surface area (Å²) in [5, 5.41) is 0.755. The van der Waals surface area contributed by atoms with Crippen LogP contribution in [0.2, 0.25) is 5.02 Å². The van der Waals surface area contributed by atoms with Crippen molar-refractivity contribution in [2.24, 2.45) is 7.05 Å². The number of ether oxygens (including phenoxy) is 2. The maximum atomic E-state index is 6.47. The first-order valence-corrected chi connectivity index (χ1v) is 12.2. The molecule has 1 aliphatic heterocycles. The molecule has 5 nitrogen and oxygen atoms in total. The lowest BCUT2D eigenvalue weighted by Crippen LogP contribution is -2.42. The van der Waals surface area contributed by atoms with Crippen LogP contribution < -0.4 is 0 Å². The number of hydrogen-bond donors (Lipinski definition) is 0. The van der Waals surface area contributed by atoms with Crippen molar-refractivity contribution in [3.63, 3.8) is 0 Å². The summed E-state index contributed by atoms with van der Waals surface area (Å²) in [6.07, 6.45) is 4.47. The second kappa shape index (κ2) is 9.98. The van der Waals surface area contributed by atoms with Crippen LogP contribution >= 0.6 is 11.6 Å². The summed E-state index contributed by atoms with van der Waals surface area (Å²) in [6.45, 7) is 3.90. The van der Waals surface area contributed by atoms with Crippen LogP contribution in [-0.4, -0.2) is 47.4 Å². The first-order valence-electron chi connectivity index (χ1n) is 11.8. The summed E-state index contributed by atoms with van der Waals surface area (Å²) in [6, 6.07) is 15.4. The van der Waals surface area contributed by atoms with Crippen LogP contribution in [0.1, 0.15) is 34.5 Å². The highest BCUT2D eigenvalue weighted by Gasteiger charge is 2.30. The summed E-state index contributed by atoms with van der Waals surface area (Å²) in [5.41, 5.74) is 7.76. The Morgan fingerprint density at radius 3 is 2.82 bits per heavy atom. The normalized spacial score (nSPS) is 18.2. The number of halogens is 1. The van der Waals surface area contributed by atoms with E-state index in [1.807, 2.05) is 18.2 Å². The van der Waals surface area contributed by atoms with Gasteiger partial charge in [0.05, 0.1) is 30.5 Å². The van der Waals surface area contributed by atoms with Crippen molar-refractivity contribution < 1.29 is 9.47 Å². The van der Waals surface area contributed by atoms with Gasteiger partial charge in [0.2, 0.25) is 0 Å². The van der Waals surface area contributed by atoms with E-state index in [-0.39, 0.29) is 0 Å². The minimum absolute atomic E-state index is 0.557. The van der Waals surface area contributed by atoms with Crippen LogP contribution in [0.4, 0.5) is 0 Å². The van der Waals surface area contributed by atoms with Crippen molar-refractivity contribution in [1.29, 1.82) is 0 Å². The molecular formula is C27H32ClN3O2. The molecule has 2 aliphatic rings. The molecule has 1 aromatic heterocycles. The number of hydrogen-bond acceptors (Lipinski definition) is 4. The predicted octanol–water partition coefficient (Wildman–Crippen LogP) is 4.82. The van der Waals surface area contributed by atoms with E-state index in [1.165, 1.54) is 34.5 Å². The molecule has 5 rings (SSSR count). The van der Waals surface area contributed by atoms with Crippen LogP contribution in [0.5, 0.6) is 0 Å². The van der Waals surface area contributed by atoms with Crippen molar-refractivity contribution in [3.8, 4) is 11.4 Å². The zero-order chi connectivity index (χ0) is 22.8. The number of fused-ring (bicyclic) bond motifs is 2. The Hall–Kier alpha value is -2.18. The van der Waals surface area contributed by atoms with E-state index in [9.17, 15) is 0 Å².